The van der Waals surface area contributed by atoms with E-state index in [1.165, 1.54) is 50.1 Å². The molecule has 3 aromatic carbocycles. The van der Waals surface area contributed by atoms with Crippen molar-refractivity contribution in [3.63, 3.8) is 0 Å². The Morgan fingerprint density at radius 1 is 1.00 bits per heavy atom. The summed E-state index contributed by atoms with van der Waals surface area (Å²) in [5.74, 6) is -0.449. The van der Waals surface area contributed by atoms with Gasteiger partial charge in [0, 0.05) is 22.4 Å². The van der Waals surface area contributed by atoms with Crippen LogP contribution in [0, 0.1) is 13.8 Å². The van der Waals surface area contributed by atoms with Gasteiger partial charge in [0.05, 0.1) is 33.2 Å². The zero-order valence-electron chi connectivity index (χ0n) is 27.7. The summed E-state index contributed by atoms with van der Waals surface area (Å²) in [7, 11) is 4.42. The third kappa shape index (κ3) is 7.77. The Morgan fingerprint density at radius 2 is 1.66 bits per heavy atom. The van der Waals surface area contributed by atoms with Crippen LogP contribution < -0.4 is 24.8 Å². The van der Waals surface area contributed by atoms with Crippen LogP contribution in [0.25, 0.3) is 0 Å². The van der Waals surface area contributed by atoms with Crippen LogP contribution in [0.2, 0.25) is 0 Å². The van der Waals surface area contributed by atoms with E-state index in [2.05, 4.69) is 10.6 Å². The average molecular weight is 666 g/mol. The molecule has 1 fully saturated rings. The minimum Gasteiger partial charge on any atom is -0.508 e. The third-order valence-corrected chi connectivity index (χ3v) is 9.85. The summed E-state index contributed by atoms with van der Waals surface area (Å²) in [4.78, 5) is 42.7. The topological polar surface area (TPSA) is 147 Å². The van der Waals surface area contributed by atoms with Gasteiger partial charge >= 0.3 is 0 Å². The number of amides is 3. The summed E-state index contributed by atoms with van der Waals surface area (Å²) >= 11 is 1.43. The molecule has 0 unspecified atom stereocenters. The number of benzene rings is 3. The van der Waals surface area contributed by atoms with Gasteiger partial charge in [0.15, 0.2) is 17.6 Å². The molecule has 3 atom stereocenters. The highest BCUT2D eigenvalue weighted by Gasteiger charge is 2.49. The van der Waals surface area contributed by atoms with Crippen molar-refractivity contribution >= 4 is 29.5 Å². The van der Waals surface area contributed by atoms with Gasteiger partial charge in [0.2, 0.25) is 11.7 Å². The van der Waals surface area contributed by atoms with E-state index in [4.69, 9.17) is 14.2 Å². The molecule has 0 aliphatic carbocycles. The molecule has 1 saturated heterocycles. The molecule has 12 heteroatoms. The van der Waals surface area contributed by atoms with Crippen molar-refractivity contribution in [1.29, 1.82) is 0 Å². The molecule has 0 spiro atoms. The van der Waals surface area contributed by atoms with E-state index in [0.29, 0.717) is 28.4 Å². The third-order valence-electron chi connectivity index (χ3n) is 8.47. The number of aromatic hydroxyl groups is 1. The molecule has 3 aromatic rings. The number of hydrogen-bond donors (Lipinski definition) is 4. The first-order valence-electron chi connectivity index (χ1n) is 15.2. The minimum absolute atomic E-state index is 0.0122. The smallest absolute Gasteiger partial charge is 0.254 e. The number of hydrogen-bond acceptors (Lipinski definition) is 9. The van der Waals surface area contributed by atoms with E-state index < -0.39 is 34.7 Å². The fourth-order valence-corrected chi connectivity index (χ4v) is 6.85. The molecule has 11 nitrogen and oxygen atoms in total. The molecular weight excluding hydrogens is 622 g/mol. The first-order valence-corrected chi connectivity index (χ1v) is 16.1. The predicted octanol–water partition coefficient (Wildman–Crippen LogP) is 3.73. The Kier molecular flexibility index (Phi) is 11.3. The Balaban J connectivity index is 1.65. The number of carbonyl (C=O) groups is 3. The molecule has 0 saturated carbocycles. The second-order valence-electron chi connectivity index (χ2n) is 11.9. The highest BCUT2D eigenvalue weighted by molar-refractivity contribution is 8.00. The van der Waals surface area contributed by atoms with Gasteiger partial charge in [-0.1, -0.05) is 30.3 Å². The van der Waals surface area contributed by atoms with Crippen LogP contribution in [0.15, 0.2) is 54.6 Å². The number of aliphatic hydroxyl groups is 1. The summed E-state index contributed by atoms with van der Waals surface area (Å²) in [6, 6.07) is 13.6. The molecule has 252 valence electrons. The lowest BCUT2D eigenvalue weighted by Gasteiger charge is -2.33. The van der Waals surface area contributed by atoms with Crippen LogP contribution in [0.4, 0.5) is 0 Å². The van der Waals surface area contributed by atoms with Gasteiger partial charge in [0.25, 0.3) is 11.8 Å². The maximum Gasteiger partial charge on any atom is 0.254 e. The molecular formula is C35H43N3O8S. The fraction of sp³-hybridized carbons (Fsp3) is 0.400. The first-order chi connectivity index (χ1) is 22.3. The van der Waals surface area contributed by atoms with Crippen LogP contribution >= 0.6 is 11.8 Å². The molecule has 0 bridgehead atoms. The number of carbonyl (C=O) groups excluding carboxylic acids is 3. The van der Waals surface area contributed by atoms with Gasteiger partial charge < -0.3 is 40.0 Å². The number of aliphatic hydroxyl groups excluding tert-OH is 1. The Labute approximate surface area is 279 Å². The van der Waals surface area contributed by atoms with Gasteiger partial charge in [-0.15, -0.1) is 11.8 Å². The summed E-state index contributed by atoms with van der Waals surface area (Å²) in [5.41, 5.74) is 3.10. The largest absolute Gasteiger partial charge is 0.508 e. The van der Waals surface area contributed by atoms with Crippen LogP contribution in [-0.4, -0.2) is 83.0 Å². The molecule has 1 aliphatic heterocycles. The number of ether oxygens (including phenoxy) is 3. The van der Waals surface area contributed by atoms with Crippen molar-refractivity contribution in [2.24, 2.45) is 0 Å². The maximum atomic E-state index is 14.1. The van der Waals surface area contributed by atoms with Crippen molar-refractivity contribution in [3.8, 4) is 23.0 Å². The summed E-state index contributed by atoms with van der Waals surface area (Å²) in [6.45, 7) is 7.62. The fourth-order valence-electron chi connectivity index (χ4n) is 5.71. The lowest BCUT2D eigenvalue weighted by molar-refractivity contribution is -0.147. The minimum atomic E-state index is -1.74. The number of thioether (sulfide) groups is 1. The molecule has 47 heavy (non-hydrogen) atoms. The lowest BCUT2D eigenvalue weighted by Crippen LogP contribution is -2.58. The number of phenols is 1. The summed E-state index contributed by atoms with van der Waals surface area (Å²) in [6.07, 6.45) is -1.75. The van der Waals surface area contributed by atoms with Crippen LogP contribution in [0.5, 0.6) is 23.0 Å². The highest BCUT2D eigenvalue weighted by Crippen LogP contribution is 2.41. The zero-order chi connectivity index (χ0) is 34.5. The van der Waals surface area contributed by atoms with Crippen LogP contribution in [0.1, 0.15) is 46.5 Å². The second kappa shape index (κ2) is 15.0. The molecule has 1 heterocycles. The average Bonchev–Trinajstić information content (AvgIpc) is 3.38. The summed E-state index contributed by atoms with van der Waals surface area (Å²) in [5, 5.41) is 27.7. The van der Waals surface area contributed by atoms with Gasteiger partial charge in [-0.05, 0) is 75.1 Å². The Hall–Kier alpha value is -4.42. The van der Waals surface area contributed by atoms with Crippen LogP contribution in [-0.2, 0) is 22.6 Å². The van der Waals surface area contributed by atoms with Gasteiger partial charge in [0.1, 0.15) is 11.8 Å². The van der Waals surface area contributed by atoms with Gasteiger partial charge in [-0.2, -0.15) is 0 Å². The maximum absolute atomic E-state index is 14.1. The van der Waals surface area contributed by atoms with Crippen molar-refractivity contribution in [2.75, 3.05) is 27.2 Å². The van der Waals surface area contributed by atoms with Crippen molar-refractivity contribution in [3.05, 3.63) is 82.4 Å². The monoisotopic (exact) mass is 665 g/mol. The Bertz CT molecular complexity index is 1600. The van der Waals surface area contributed by atoms with Crippen molar-refractivity contribution in [2.45, 2.75) is 63.6 Å². The van der Waals surface area contributed by atoms with Crippen LogP contribution in [0.3, 0.4) is 0 Å². The number of aryl methyl sites for hydroxylation is 1. The quantitative estimate of drug-likeness (QED) is 0.227. The number of methoxy groups -OCH3 is 3. The van der Waals surface area contributed by atoms with Crippen molar-refractivity contribution < 1.29 is 38.8 Å². The van der Waals surface area contributed by atoms with E-state index in [1.54, 1.807) is 25.1 Å². The SMILES string of the molecule is COc1cc(C[C@H](NC(=O)c2cccc(O)c2C)[C@H](O)C(=O)N2CSC(C)(C)[C@H]2C(=O)NCc2ccccc2C)cc(OC)c1OC. The van der Waals surface area contributed by atoms with Gasteiger partial charge in [-0.25, -0.2) is 0 Å². The predicted molar refractivity (Wildman–Crippen MR) is 180 cm³/mol. The molecule has 3 amide bonds. The number of phenolic OH excluding ortho intramolecular Hbond substituents is 1. The normalized spacial score (nSPS) is 16.6. The highest BCUT2D eigenvalue weighted by atomic mass is 32.2. The molecule has 0 aromatic heterocycles. The molecule has 4 rings (SSSR count). The number of nitrogens with zero attached hydrogens (tertiary/aromatic N) is 1. The molecule has 4 N–H and O–H groups in total. The molecule has 1 aliphatic rings. The standard InChI is InChI=1S/C35H43N3O8S/c1-20-11-8-9-12-23(20)18-36-33(42)31-35(3,4)47-19-38(31)34(43)29(40)25(37-32(41)24-13-10-14-26(39)21(24)2)15-22-16-27(44-5)30(46-7)28(17-22)45-6/h8-14,16-17,25,29,31,39-40H,15,18-19H2,1-7H3,(H,36,42)(H,37,41)/t25-,29-,31+/m0/s1. The zero-order valence-corrected chi connectivity index (χ0v) is 28.6. The molecule has 0 radical (unpaired) electrons. The first kappa shape index (κ1) is 35.4. The van der Waals surface area contributed by atoms with E-state index in [-0.39, 0.29) is 36.1 Å². The van der Waals surface area contributed by atoms with Crippen molar-refractivity contribution in [1.82, 2.24) is 15.5 Å². The Morgan fingerprint density at radius 3 is 2.28 bits per heavy atom. The lowest BCUT2D eigenvalue weighted by atomic mass is 9.96. The number of nitrogens with one attached hydrogen (secondary N) is 2. The summed E-state index contributed by atoms with van der Waals surface area (Å²) < 4.78 is 15.8. The van der Waals surface area contributed by atoms with E-state index in [1.807, 2.05) is 45.0 Å². The van der Waals surface area contributed by atoms with E-state index >= 15 is 0 Å². The van der Waals surface area contributed by atoms with Gasteiger partial charge in [-0.3, -0.25) is 14.4 Å². The second-order valence-corrected chi connectivity index (χ2v) is 13.5. The number of rotatable bonds is 12. The van der Waals surface area contributed by atoms with E-state index in [9.17, 15) is 24.6 Å². The van der Waals surface area contributed by atoms with E-state index in [0.717, 1.165) is 11.1 Å².